The summed E-state index contributed by atoms with van der Waals surface area (Å²) in [5, 5.41) is 0. The molecule has 78 valence electrons. The van der Waals surface area contributed by atoms with Crippen LogP contribution < -0.4 is 0 Å². The molecule has 1 aromatic carbocycles. The SMILES string of the molecule is Cc1ccc(C(F)F)c(C)c1C(C)C. The van der Waals surface area contributed by atoms with E-state index >= 15 is 0 Å². The van der Waals surface area contributed by atoms with Gasteiger partial charge in [0.2, 0.25) is 0 Å². The van der Waals surface area contributed by atoms with Crippen LogP contribution in [0.15, 0.2) is 12.1 Å². The van der Waals surface area contributed by atoms with Gasteiger partial charge in [-0.15, -0.1) is 0 Å². The third-order valence-corrected chi connectivity index (χ3v) is 2.59. The van der Waals surface area contributed by atoms with Crippen LogP contribution in [0.1, 0.15) is 48.4 Å². The van der Waals surface area contributed by atoms with Gasteiger partial charge in [0.05, 0.1) is 0 Å². The van der Waals surface area contributed by atoms with Crippen LogP contribution in [0.2, 0.25) is 0 Å². The Balaban J connectivity index is 3.34. The van der Waals surface area contributed by atoms with Gasteiger partial charge < -0.3 is 0 Å². The van der Waals surface area contributed by atoms with Crippen LogP contribution in [0.4, 0.5) is 8.78 Å². The number of rotatable bonds is 2. The highest BCUT2D eigenvalue weighted by Gasteiger charge is 2.15. The lowest BCUT2D eigenvalue weighted by atomic mass is 9.90. The Morgan fingerprint density at radius 2 is 1.64 bits per heavy atom. The van der Waals surface area contributed by atoms with Gasteiger partial charge in [-0.05, 0) is 36.5 Å². The Kier molecular flexibility index (Phi) is 3.25. The molecule has 14 heavy (non-hydrogen) atoms. The first-order valence-electron chi connectivity index (χ1n) is 4.83. The van der Waals surface area contributed by atoms with Gasteiger partial charge in [0.15, 0.2) is 0 Å². The summed E-state index contributed by atoms with van der Waals surface area (Å²) in [5.74, 6) is 0.300. The number of benzene rings is 1. The lowest BCUT2D eigenvalue weighted by molar-refractivity contribution is 0.150. The number of aryl methyl sites for hydroxylation is 1. The molecule has 0 radical (unpaired) electrons. The second-order valence-corrected chi connectivity index (χ2v) is 3.97. The van der Waals surface area contributed by atoms with Crippen LogP contribution in [-0.4, -0.2) is 0 Å². The minimum absolute atomic E-state index is 0.166. The molecule has 1 rings (SSSR count). The molecule has 0 aliphatic rings. The van der Waals surface area contributed by atoms with Gasteiger partial charge in [-0.25, -0.2) is 8.78 Å². The van der Waals surface area contributed by atoms with E-state index in [1.54, 1.807) is 13.0 Å². The molecule has 0 fully saturated rings. The fourth-order valence-electron chi connectivity index (χ4n) is 2.01. The van der Waals surface area contributed by atoms with E-state index in [1.807, 2.05) is 20.8 Å². The maximum absolute atomic E-state index is 12.6. The fourth-order valence-corrected chi connectivity index (χ4v) is 2.01. The molecule has 0 bridgehead atoms. The molecule has 0 saturated heterocycles. The molecular formula is C12H16F2. The summed E-state index contributed by atoms with van der Waals surface area (Å²) < 4.78 is 25.2. The summed E-state index contributed by atoms with van der Waals surface area (Å²) in [4.78, 5) is 0. The number of halogens is 2. The number of hydrogen-bond donors (Lipinski definition) is 0. The van der Waals surface area contributed by atoms with E-state index in [1.165, 1.54) is 6.07 Å². The molecule has 0 heterocycles. The standard InChI is InChI=1S/C12H16F2/c1-7(2)11-8(3)5-6-10(9(11)4)12(13)14/h5-7,12H,1-4H3. The molecule has 2 heteroatoms. The minimum Gasteiger partial charge on any atom is -0.205 e. The van der Waals surface area contributed by atoms with E-state index < -0.39 is 6.43 Å². The fraction of sp³-hybridized carbons (Fsp3) is 0.500. The zero-order chi connectivity index (χ0) is 10.9. The van der Waals surface area contributed by atoms with Crippen molar-refractivity contribution >= 4 is 0 Å². The molecule has 0 atom stereocenters. The summed E-state index contributed by atoms with van der Waals surface area (Å²) in [6, 6.07) is 3.31. The van der Waals surface area contributed by atoms with Crippen LogP contribution in [0.25, 0.3) is 0 Å². The Morgan fingerprint density at radius 3 is 2.07 bits per heavy atom. The van der Waals surface area contributed by atoms with Gasteiger partial charge in [0.25, 0.3) is 6.43 Å². The number of alkyl halides is 2. The van der Waals surface area contributed by atoms with Crippen molar-refractivity contribution in [2.75, 3.05) is 0 Å². The second-order valence-electron chi connectivity index (χ2n) is 3.97. The molecule has 0 saturated carbocycles. The minimum atomic E-state index is -2.37. The highest BCUT2D eigenvalue weighted by molar-refractivity contribution is 5.42. The van der Waals surface area contributed by atoms with Gasteiger partial charge in [-0.3, -0.25) is 0 Å². The van der Waals surface area contributed by atoms with E-state index in [4.69, 9.17) is 0 Å². The summed E-state index contributed by atoms with van der Waals surface area (Å²) in [7, 11) is 0. The van der Waals surface area contributed by atoms with Gasteiger partial charge in [0, 0.05) is 5.56 Å². The predicted octanol–water partition coefficient (Wildman–Crippen LogP) is 4.36. The zero-order valence-electron chi connectivity index (χ0n) is 9.07. The van der Waals surface area contributed by atoms with Crippen molar-refractivity contribution in [1.82, 2.24) is 0 Å². The molecule has 0 nitrogen and oxygen atoms in total. The Morgan fingerprint density at radius 1 is 1.07 bits per heavy atom. The van der Waals surface area contributed by atoms with Crippen LogP contribution in [0, 0.1) is 13.8 Å². The normalized spacial score (nSPS) is 11.4. The molecule has 0 unspecified atom stereocenters. The first-order valence-corrected chi connectivity index (χ1v) is 4.83. The molecule has 0 spiro atoms. The van der Waals surface area contributed by atoms with Crippen molar-refractivity contribution < 1.29 is 8.78 Å². The Bertz CT molecular complexity index is 327. The molecule has 0 amide bonds. The molecule has 1 aromatic rings. The van der Waals surface area contributed by atoms with E-state index in [0.717, 1.165) is 16.7 Å². The number of hydrogen-bond acceptors (Lipinski definition) is 0. The zero-order valence-corrected chi connectivity index (χ0v) is 9.07. The molecule has 0 aliphatic carbocycles. The summed E-state index contributed by atoms with van der Waals surface area (Å²) >= 11 is 0. The van der Waals surface area contributed by atoms with E-state index in [-0.39, 0.29) is 5.56 Å². The monoisotopic (exact) mass is 198 g/mol. The third kappa shape index (κ3) is 1.94. The van der Waals surface area contributed by atoms with Crippen LogP contribution in [0.5, 0.6) is 0 Å². The van der Waals surface area contributed by atoms with Crippen molar-refractivity contribution in [3.05, 3.63) is 34.4 Å². The van der Waals surface area contributed by atoms with E-state index in [9.17, 15) is 8.78 Å². The van der Waals surface area contributed by atoms with Crippen molar-refractivity contribution in [1.29, 1.82) is 0 Å². The van der Waals surface area contributed by atoms with E-state index in [0.29, 0.717) is 5.92 Å². The lowest BCUT2D eigenvalue weighted by Gasteiger charge is -2.16. The first-order chi connectivity index (χ1) is 6.45. The largest absolute Gasteiger partial charge is 0.264 e. The van der Waals surface area contributed by atoms with Gasteiger partial charge >= 0.3 is 0 Å². The average molecular weight is 198 g/mol. The highest BCUT2D eigenvalue weighted by Crippen LogP contribution is 2.30. The van der Waals surface area contributed by atoms with Crippen LogP contribution in [-0.2, 0) is 0 Å². The molecular weight excluding hydrogens is 182 g/mol. The summed E-state index contributed by atoms with van der Waals surface area (Å²) in [6.07, 6.45) is -2.37. The second kappa shape index (κ2) is 4.07. The quantitative estimate of drug-likeness (QED) is 0.662. The topological polar surface area (TPSA) is 0 Å². The third-order valence-electron chi connectivity index (χ3n) is 2.59. The van der Waals surface area contributed by atoms with Gasteiger partial charge in [-0.1, -0.05) is 26.0 Å². The lowest BCUT2D eigenvalue weighted by Crippen LogP contribution is -2.00. The maximum Gasteiger partial charge on any atom is 0.264 e. The van der Waals surface area contributed by atoms with Crippen LogP contribution in [0.3, 0.4) is 0 Å². The van der Waals surface area contributed by atoms with Crippen molar-refractivity contribution in [2.45, 2.75) is 40.0 Å². The predicted molar refractivity (Wildman–Crippen MR) is 55.0 cm³/mol. The highest BCUT2D eigenvalue weighted by atomic mass is 19.3. The van der Waals surface area contributed by atoms with Crippen molar-refractivity contribution in [2.24, 2.45) is 0 Å². The molecule has 0 aromatic heterocycles. The van der Waals surface area contributed by atoms with Gasteiger partial charge in [0.1, 0.15) is 0 Å². The Hall–Kier alpha value is -0.920. The Labute approximate surface area is 84.0 Å². The molecule has 0 aliphatic heterocycles. The molecule has 0 N–H and O–H groups in total. The smallest absolute Gasteiger partial charge is 0.205 e. The maximum atomic E-state index is 12.6. The van der Waals surface area contributed by atoms with Gasteiger partial charge in [-0.2, -0.15) is 0 Å². The first kappa shape index (κ1) is 11.2. The summed E-state index contributed by atoms with van der Waals surface area (Å²) in [5.41, 5.74) is 3.07. The van der Waals surface area contributed by atoms with Crippen molar-refractivity contribution in [3.63, 3.8) is 0 Å². The average Bonchev–Trinajstić information content (AvgIpc) is 2.02. The van der Waals surface area contributed by atoms with Crippen molar-refractivity contribution in [3.8, 4) is 0 Å². The van der Waals surface area contributed by atoms with E-state index in [2.05, 4.69) is 0 Å². The van der Waals surface area contributed by atoms with Crippen LogP contribution >= 0.6 is 0 Å². The summed E-state index contributed by atoms with van der Waals surface area (Å²) in [6.45, 7) is 7.82.